The molecule has 35 heavy (non-hydrogen) atoms. The fourth-order valence-corrected chi connectivity index (χ4v) is 7.88. The molecule has 0 aromatic heterocycles. The molecule has 0 nitrogen and oxygen atoms in total. The summed E-state index contributed by atoms with van der Waals surface area (Å²) in [5.74, 6) is 0. The Morgan fingerprint density at radius 1 is 0.457 bits per heavy atom. The second kappa shape index (κ2) is 9.96. The maximum atomic E-state index is 2.40. The van der Waals surface area contributed by atoms with Gasteiger partial charge in [-0.2, -0.15) is 0 Å². The van der Waals surface area contributed by atoms with E-state index in [2.05, 4.69) is 138 Å². The van der Waals surface area contributed by atoms with Crippen LogP contribution in [-0.4, -0.2) is 16.1 Å². The Hall–Kier alpha value is -2.34. The summed E-state index contributed by atoms with van der Waals surface area (Å²) in [6.07, 6.45) is 0. The monoisotopic (exact) mass is 510 g/mol. The summed E-state index contributed by atoms with van der Waals surface area (Å²) in [4.78, 5) is 2.65. The molecule has 0 saturated carbocycles. The average Bonchev–Trinajstić information content (AvgIpc) is 2.81. The van der Waals surface area contributed by atoms with Crippen molar-refractivity contribution in [3.05, 3.63) is 96.1 Å². The molecule has 180 valence electrons. The highest BCUT2D eigenvalue weighted by Crippen LogP contribution is 2.39. The summed E-state index contributed by atoms with van der Waals surface area (Å²) < 4.78 is 0. The standard InChI is InChI=1S/C32H38SSi2/c1-23-29(25-15-19-27(20-16-25)34(3,4)5)11-9-13-31(23)33-32-14-10-12-30(24(32)2)26-17-21-28(22-18-26)35(6,7)8/h9-22H,1-8H3. The molecular formula is C32H38SSi2. The first-order valence-corrected chi connectivity index (χ1v) is 20.4. The van der Waals surface area contributed by atoms with E-state index >= 15 is 0 Å². The predicted molar refractivity (Wildman–Crippen MR) is 163 cm³/mol. The van der Waals surface area contributed by atoms with Crippen LogP contribution in [0.3, 0.4) is 0 Å². The van der Waals surface area contributed by atoms with Crippen molar-refractivity contribution in [2.75, 3.05) is 0 Å². The highest BCUT2D eigenvalue weighted by atomic mass is 32.2. The minimum absolute atomic E-state index is 1.29. The highest BCUT2D eigenvalue weighted by molar-refractivity contribution is 7.99. The van der Waals surface area contributed by atoms with Gasteiger partial charge in [-0.05, 0) is 59.4 Å². The van der Waals surface area contributed by atoms with Crippen molar-refractivity contribution >= 4 is 38.3 Å². The molecule has 0 aliphatic carbocycles. The second-order valence-electron chi connectivity index (χ2n) is 11.6. The molecule has 0 bridgehead atoms. The number of benzene rings is 4. The van der Waals surface area contributed by atoms with Gasteiger partial charge in [0.05, 0.1) is 16.1 Å². The molecule has 0 fully saturated rings. The van der Waals surface area contributed by atoms with Crippen molar-refractivity contribution in [2.24, 2.45) is 0 Å². The first kappa shape index (κ1) is 25.7. The maximum absolute atomic E-state index is 2.40. The van der Waals surface area contributed by atoms with Crippen molar-refractivity contribution in [1.29, 1.82) is 0 Å². The molecule has 0 spiro atoms. The van der Waals surface area contributed by atoms with Crippen LogP contribution in [0.15, 0.2) is 94.7 Å². The van der Waals surface area contributed by atoms with Gasteiger partial charge < -0.3 is 0 Å². The first-order valence-electron chi connectivity index (χ1n) is 12.5. The van der Waals surface area contributed by atoms with Crippen molar-refractivity contribution in [3.63, 3.8) is 0 Å². The van der Waals surface area contributed by atoms with Crippen LogP contribution < -0.4 is 10.4 Å². The van der Waals surface area contributed by atoms with E-state index in [0.29, 0.717) is 0 Å². The molecule has 0 amide bonds. The summed E-state index contributed by atoms with van der Waals surface area (Å²) in [5.41, 5.74) is 7.96. The minimum Gasteiger partial charge on any atom is -0.0895 e. The highest BCUT2D eigenvalue weighted by Gasteiger charge is 2.18. The molecule has 0 aliphatic rings. The molecule has 4 aromatic carbocycles. The summed E-state index contributed by atoms with van der Waals surface area (Å²) in [6, 6.07) is 32.0. The Bertz CT molecular complexity index is 1220. The molecule has 4 aromatic rings. The molecule has 0 saturated heterocycles. The lowest BCUT2D eigenvalue weighted by molar-refractivity contribution is 1.26. The summed E-state index contributed by atoms with van der Waals surface area (Å²) >= 11 is 1.89. The van der Waals surface area contributed by atoms with Crippen LogP contribution in [0, 0.1) is 13.8 Å². The van der Waals surface area contributed by atoms with Gasteiger partial charge in [-0.25, -0.2) is 0 Å². The molecule has 0 radical (unpaired) electrons. The van der Waals surface area contributed by atoms with Crippen molar-refractivity contribution in [3.8, 4) is 22.3 Å². The van der Waals surface area contributed by atoms with Gasteiger partial charge in [0.1, 0.15) is 0 Å². The van der Waals surface area contributed by atoms with E-state index in [0.717, 1.165) is 0 Å². The van der Waals surface area contributed by atoms with Crippen LogP contribution in [0.4, 0.5) is 0 Å². The van der Waals surface area contributed by atoms with Crippen LogP contribution in [0.2, 0.25) is 39.3 Å². The minimum atomic E-state index is -1.29. The van der Waals surface area contributed by atoms with Crippen LogP contribution in [0.25, 0.3) is 22.3 Å². The van der Waals surface area contributed by atoms with Gasteiger partial charge in [0.15, 0.2) is 0 Å². The summed E-state index contributed by atoms with van der Waals surface area (Å²) in [5, 5.41) is 3.02. The molecule has 3 heteroatoms. The van der Waals surface area contributed by atoms with E-state index in [1.54, 1.807) is 0 Å². The topological polar surface area (TPSA) is 0 Å². The van der Waals surface area contributed by atoms with Gasteiger partial charge in [0.25, 0.3) is 0 Å². The van der Waals surface area contributed by atoms with Gasteiger partial charge in [-0.3, -0.25) is 0 Å². The van der Waals surface area contributed by atoms with Gasteiger partial charge in [0.2, 0.25) is 0 Å². The molecule has 0 heterocycles. The Morgan fingerprint density at radius 2 is 0.800 bits per heavy atom. The normalized spacial score (nSPS) is 12.1. The fraction of sp³-hybridized carbons (Fsp3) is 0.250. The van der Waals surface area contributed by atoms with E-state index in [1.165, 1.54) is 53.5 Å². The fourth-order valence-electron chi connectivity index (χ4n) is 4.49. The van der Waals surface area contributed by atoms with Crippen LogP contribution in [-0.2, 0) is 0 Å². The Kier molecular flexibility index (Phi) is 7.33. The largest absolute Gasteiger partial charge is 0.0895 e. The van der Waals surface area contributed by atoms with Gasteiger partial charge in [-0.1, -0.05) is 134 Å². The third kappa shape index (κ3) is 5.74. The molecule has 4 rings (SSSR count). The Balaban J connectivity index is 1.64. The number of hydrogen-bond acceptors (Lipinski definition) is 1. The average molecular weight is 511 g/mol. The number of hydrogen-bond donors (Lipinski definition) is 0. The molecule has 0 unspecified atom stereocenters. The first-order chi connectivity index (χ1) is 16.4. The third-order valence-electron chi connectivity index (χ3n) is 6.91. The van der Waals surface area contributed by atoms with Crippen molar-refractivity contribution in [1.82, 2.24) is 0 Å². The predicted octanol–water partition coefficient (Wildman–Crippen LogP) is 8.88. The Morgan fingerprint density at radius 3 is 1.11 bits per heavy atom. The van der Waals surface area contributed by atoms with Crippen molar-refractivity contribution in [2.45, 2.75) is 62.9 Å². The van der Waals surface area contributed by atoms with Gasteiger partial charge in [0, 0.05) is 9.79 Å². The second-order valence-corrected chi connectivity index (χ2v) is 22.9. The van der Waals surface area contributed by atoms with Gasteiger partial charge in [-0.15, -0.1) is 0 Å². The van der Waals surface area contributed by atoms with Gasteiger partial charge >= 0.3 is 0 Å². The van der Waals surface area contributed by atoms with Crippen LogP contribution in [0.5, 0.6) is 0 Å². The lowest BCUT2D eigenvalue weighted by Gasteiger charge is -2.18. The SMILES string of the molecule is Cc1c(Sc2cccc(-c3ccc([Si](C)(C)C)cc3)c2C)cccc1-c1ccc([Si](C)(C)C)cc1. The molecule has 0 N–H and O–H groups in total. The summed E-state index contributed by atoms with van der Waals surface area (Å²) in [7, 11) is -2.57. The van der Waals surface area contributed by atoms with Crippen molar-refractivity contribution < 1.29 is 0 Å². The van der Waals surface area contributed by atoms with E-state index < -0.39 is 16.1 Å². The molecule has 0 aliphatic heterocycles. The zero-order valence-corrected chi connectivity index (χ0v) is 25.3. The third-order valence-corrected chi connectivity index (χ3v) is 12.4. The molecular weight excluding hydrogens is 473 g/mol. The van der Waals surface area contributed by atoms with E-state index in [-0.39, 0.29) is 0 Å². The molecule has 0 atom stereocenters. The maximum Gasteiger partial charge on any atom is 0.0775 e. The lowest BCUT2D eigenvalue weighted by atomic mass is 10.0. The quantitative estimate of drug-likeness (QED) is 0.233. The number of rotatable bonds is 6. The summed E-state index contributed by atoms with van der Waals surface area (Å²) in [6.45, 7) is 19.0. The van der Waals surface area contributed by atoms with Crippen LogP contribution >= 0.6 is 11.8 Å². The van der Waals surface area contributed by atoms with E-state index in [4.69, 9.17) is 0 Å². The van der Waals surface area contributed by atoms with E-state index in [1.807, 2.05) is 11.8 Å². The zero-order chi connectivity index (χ0) is 25.4. The lowest BCUT2D eigenvalue weighted by Crippen LogP contribution is -2.37. The smallest absolute Gasteiger partial charge is 0.0775 e. The van der Waals surface area contributed by atoms with Crippen LogP contribution in [0.1, 0.15) is 11.1 Å². The van der Waals surface area contributed by atoms with E-state index in [9.17, 15) is 0 Å². The zero-order valence-electron chi connectivity index (χ0n) is 22.5. The Labute approximate surface area is 218 Å².